The summed E-state index contributed by atoms with van der Waals surface area (Å²) >= 11 is 0. The van der Waals surface area contributed by atoms with Crippen LogP contribution < -0.4 is 5.32 Å². The van der Waals surface area contributed by atoms with Gasteiger partial charge in [0.15, 0.2) is 0 Å². The van der Waals surface area contributed by atoms with Gasteiger partial charge in [-0.15, -0.1) is 0 Å². The fourth-order valence-electron chi connectivity index (χ4n) is 2.27. The lowest BCUT2D eigenvalue weighted by Crippen LogP contribution is -2.11. The molecule has 0 unspecified atom stereocenters. The van der Waals surface area contributed by atoms with Gasteiger partial charge in [-0.2, -0.15) is 0 Å². The van der Waals surface area contributed by atoms with Crippen LogP contribution in [-0.4, -0.2) is 29.8 Å². The molecule has 0 saturated heterocycles. The van der Waals surface area contributed by atoms with Crippen molar-refractivity contribution in [3.8, 4) is 5.69 Å². The molecule has 21 heavy (non-hydrogen) atoms. The number of nitrogens with zero attached hydrogens (tertiary/aromatic N) is 2. The van der Waals surface area contributed by atoms with Gasteiger partial charge in [0.1, 0.15) is 5.82 Å². The van der Waals surface area contributed by atoms with E-state index < -0.39 is 0 Å². The minimum absolute atomic E-state index is 0.275. The molecule has 0 spiro atoms. The number of para-hydroxylation sites is 1. The Morgan fingerprint density at radius 1 is 1.19 bits per heavy atom. The third-order valence-corrected chi connectivity index (χ3v) is 3.22. The summed E-state index contributed by atoms with van der Waals surface area (Å²) in [4.78, 5) is 4.53. The van der Waals surface area contributed by atoms with Crippen LogP contribution >= 0.6 is 0 Å². The molecule has 0 saturated carbocycles. The van der Waals surface area contributed by atoms with Crippen molar-refractivity contribution in [3.05, 3.63) is 54.3 Å². The molecule has 108 valence electrons. The summed E-state index contributed by atoms with van der Waals surface area (Å²) in [5, 5.41) is 3.23. The molecule has 1 N–H and O–H groups in total. The summed E-state index contributed by atoms with van der Waals surface area (Å²) in [5.74, 6) is 0.405. The van der Waals surface area contributed by atoms with Crippen LogP contribution in [-0.2, 0) is 4.74 Å². The maximum Gasteiger partial charge on any atom is 0.208 e. The molecule has 4 nitrogen and oxygen atoms in total. The molecule has 0 amide bonds. The van der Waals surface area contributed by atoms with E-state index in [4.69, 9.17) is 4.74 Å². The summed E-state index contributed by atoms with van der Waals surface area (Å²) in [6.07, 6.45) is 0. The van der Waals surface area contributed by atoms with E-state index in [0.29, 0.717) is 19.1 Å². The third kappa shape index (κ3) is 2.73. The monoisotopic (exact) mass is 285 g/mol. The molecule has 0 bridgehead atoms. The number of hydrogen-bond donors (Lipinski definition) is 1. The third-order valence-electron chi connectivity index (χ3n) is 3.22. The summed E-state index contributed by atoms with van der Waals surface area (Å²) < 4.78 is 20.5. The van der Waals surface area contributed by atoms with E-state index in [1.165, 1.54) is 12.1 Å². The predicted octanol–water partition coefficient (Wildman–Crippen LogP) is 3.22. The van der Waals surface area contributed by atoms with Crippen LogP contribution in [0.3, 0.4) is 0 Å². The van der Waals surface area contributed by atoms with Gasteiger partial charge < -0.3 is 10.1 Å². The zero-order valence-electron chi connectivity index (χ0n) is 11.7. The summed E-state index contributed by atoms with van der Waals surface area (Å²) in [6, 6.07) is 14.4. The summed E-state index contributed by atoms with van der Waals surface area (Å²) in [7, 11) is 1.65. The lowest BCUT2D eigenvalue weighted by Gasteiger charge is -2.10. The molecule has 0 atom stereocenters. The van der Waals surface area contributed by atoms with Crippen LogP contribution in [0.5, 0.6) is 0 Å². The van der Waals surface area contributed by atoms with Gasteiger partial charge in [-0.1, -0.05) is 18.2 Å². The summed E-state index contributed by atoms with van der Waals surface area (Å²) in [5.41, 5.74) is 2.42. The summed E-state index contributed by atoms with van der Waals surface area (Å²) in [6.45, 7) is 1.21. The first kappa shape index (κ1) is 13.6. The number of anilines is 1. The molecule has 3 aromatic rings. The van der Waals surface area contributed by atoms with Gasteiger partial charge >= 0.3 is 0 Å². The fraction of sp³-hybridized carbons (Fsp3) is 0.188. The van der Waals surface area contributed by atoms with Gasteiger partial charge in [-0.3, -0.25) is 4.57 Å². The lowest BCUT2D eigenvalue weighted by atomic mass is 10.2. The molecule has 1 heterocycles. The second-order valence-corrected chi connectivity index (χ2v) is 4.66. The first-order valence-corrected chi connectivity index (χ1v) is 6.76. The zero-order valence-corrected chi connectivity index (χ0v) is 11.7. The maximum absolute atomic E-state index is 13.6. The Kier molecular flexibility index (Phi) is 3.83. The number of imidazole rings is 1. The number of rotatable bonds is 5. The number of ether oxygens (including phenoxy) is 1. The topological polar surface area (TPSA) is 39.1 Å². The van der Waals surface area contributed by atoms with Crippen LogP contribution in [0.1, 0.15) is 0 Å². The molecular formula is C16H16FN3O. The number of benzene rings is 2. The molecule has 1 aromatic heterocycles. The average Bonchev–Trinajstić information content (AvgIpc) is 2.86. The van der Waals surface area contributed by atoms with Crippen LogP contribution in [0, 0.1) is 5.82 Å². The van der Waals surface area contributed by atoms with E-state index in [0.717, 1.165) is 16.7 Å². The minimum Gasteiger partial charge on any atom is -0.383 e. The van der Waals surface area contributed by atoms with E-state index >= 15 is 0 Å². The van der Waals surface area contributed by atoms with Gasteiger partial charge in [0, 0.05) is 25.4 Å². The van der Waals surface area contributed by atoms with Crippen molar-refractivity contribution in [1.82, 2.24) is 9.55 Å². The van der Waals surface area contributed by atoms with Crippen molar-refractivity contribution in [1.29, 1.82) is 0 Å². The van der Waals surface area contributed by atoms with Crippen LogP contribution in [0.2, 0.25) is 0 Å². The van der Waals surface area contributed by atoms with Crippen molar-refractivity contribution < 1.29 is 9.13 Å². The molecule has 0 radical (unpaired) electrons. The van der Waals surface area contributed by atoms with E-state index in [-0.39, 0.29) is 5.82 Å². The second kappa shape index (κ2) is 5.93. The highest BCUT2D eigenvalue weighted by Gasteiger charge is 2.12. The number of halogens is 1. The van der Waals surface area contributed by atoms with E-state index in [1.54, 1.807) is 13.2 Å². The Bertz CT molecular complexity index is 740. The second-order valence-electron chi connectivity index (χ2n) is 4.66. The van der Waals surface area contributed by atoms with Gasteiger partial charge in [-0.25, -0.2) is 9.37 Å². The first-order chi connectivity index (χ1) is 10.3. The molecule has 0 aliphatic carbocycles. The van der Waals surface area contributed by atoms with E-state index in [2.05, 4.69) is 10.3 Å². The number of fused-ring (bicyclic) bond motifs is 1. The quantitative estimate of drug-likeness (QED) is 0.732. The van der Waals surface area contributed by atoms with Crippen molar-refractivity contribution in [2.75, 3.05) is 25.6 Å². The highest BCUT2D eigenvalue weighted by Crippen LogP contribution is 2.25. The molecule has 5 heteroatoms. The standard InChI is InChI=1S/C16H16FN3O/c1-21-10-9-18-16-19-14-8-7-12(17)11-15(14)20(16)13-5-3-2-4-6-13/h2-8,11H,9-10H2,1H3,(H,18,19). The van der Waals surface area contributed by atoms with Crippen molar-refractivity contribution in [2.24, 2.45) is 0 Å². The smallest absolute Gasteiger partial charge is 0.208 e. The molecule has 3 rings (SSSR count). The largest absolute Gasteiger partial charge is 0.383 e. The molecular weight excluding hydrogens is 269 g/mol. The molecule has 0 aliphatic heterocycles. The van der Waals surface area contributed by atoms with Crippen molar-refractivity contribution in [2.45, 2.75) is 0 Å². The Hall–Kier alpha value is -2.40. The van der Waals surface area contributed by atoms with Crippen LogP contribution in [0.4, 0.5) is 10.3 Å². The number of methoxy groups -OCH3 is 1. The van der Waals surface area contributed by atoms with Gasteiger partial charge in [0.2, 0.25) is 5.95 Å². The van der Waals surface area contributed by atoms with Crippen molar-refractivity contribution >= 4 is 17.0 Å². The Morgan fingerprint density at radius 3 is 2.76 bits per heavy atom. The van der Waals surface area contributed by atoms with Crippen LogP contribution in [0.15, 0.2) is 48.5 Å². The van der Waals surface area contributed by atoms with Crippen molar-refractivity contribution in [3.63, 3.8) is 0 Å². The average molecular weight is 285 g/mol. The fourth-order valence-corrected chi connectivity index (χ4v) is 2.27. The number of aromatic nitrogens is 2. The molecule has 0 aliphatic rings. The highest BCUT2D eigenvalue weighted by atomic mass is 19.1. The predicted molar refractivity (Wildman–Crippen MR) is 81.4 cm³/mol. The van der Waals surface area contributed by atoms with Gasteiger partial charge in [0.25, 0.3) is 0 Å². The maximum atomic E-state index is 13.6. The minimum atomic E-state index is -0.275. The molecule has 2 aromatic carbocycles. The Balaban J connectivity index is 2.12. The van der Waals surface area contributed by atoms with Gasteiger partial charge in [-0.05, 0) is 24.3 Å². The highest BCUT2D eigenvalue weighted by molar-refractivity contribution is 5.81. The number of hydrogen-bond acceptors (Lipinski definition) is 3. The zero-order chi connectivity index (χ0) is 14.7. The SMILES string of the molecule is COCCNc1nc2ccc(F)cc2n1-c1ccccc1. The Labute approximate surface area is 122 Å². The van der Waals surface area contributed by atoms with E-state index in [1.807, 2.05) is 34.9 Å². The number of nitrogens with one attached hydrogen (secondary N) is 1. The van der Waals surface area contributed by atoms with Crippen LogP contribution in [0.25, 0.3) is 16.7 Å². The normalized spacial score (nSPS) is 11.0. The Morgan fingerprint density at radius 2 is 2.00 bits per heavy atom. The van der Waals surface area contributed by atoms with E-state index in [9.17, 15) is 4.39 Å². The lowest BCUT2D eigenvalue weighted by molar-refractivity contribution is 0.210. The van der Waals surface area contributed by atoms with Gasteiger partial charge in [0.05, 0.1) is 17.6 Å². The molecule has 0 fully saturated rings. The first-order valence-electron chi connectivity index (χ1n) is 6.76.